The van der Waals surface area contributed by atoms with Gasteiger partial charge in [0.25, 0.3) is 0 Å². The van der Waals surface area contributed by atoms with E-state index < -0.39 is 0 Å². The number of hydrogen-bond donors (Lipinski definition) is 1. The minimum absolute atomic E-state index is 0.00711. The number of nitrogens with one attached hydrogen (secondary N) is 1. The quantitative estimate of drug-likeness (QED) is 0.918. The molecule has 5 nitrogen and oxygen atoms in total. The normalized spacial score (nSPS) is 21.0. The molecule has 1 aromatic carbocycles. The van der Waals surface area contributed by atoms with Gasteiger partial charge in [0.2, 0.25) is 0 Å². The summed E-state index contributed by atoms with van der Waals surface area (Å²) in [6.45, 7) is 3.16. The summed E-state index contributed by atoms with van der Waals surface area (Å²) in [5.74, 6) is 0.821. The van der Waals surface area contributed by atoms with E-state index in [-0.39, 0.29) is 5.54 Å². The van der Waals surface area contributed by atoms with E-state index >= 15 is 0 Å². The maximum Gasteiger partial charge on any atom is 0.167 e. The molecule has 0 radical (unpaired) electrons. The number of nitrogens with zero attached hydrogens (tertiary/aromatic N) is 1. The zero-order valence-corrected chi connectivity index (χ0v) is 13.2. The molecule has 3 heterocycles. The smallest absolute Gasteiger partial charge is 0.167 e. The highest BCUT2D eigenvalue weighted by molar-refractivity contribution is 5.56. The van der Waals surface area contributed by atoms with Crippen molar-refractivity contribution >= 4 is 0 Å². The van der Waals surface area contributed by atoms with Gasteiger partial charge in [-0.1, -0.05) is 35.5 Å². The first-order valence-corrected chi connectivity index (χ1v) is 8.27. The number of aromatic nitrogens is 1. The van der Waals surface area contributed by atoms with Crippen LogP contribution in [0.5, 0.6) is 0 Å². The molecule has 2 aromatic rings. The van der Waals surface area contributed by atoms with Crippen molar-refractivity contribution in [3.8, 4) is 11.3 Å². The minimum atomic E-state index is -0.00711. The molecule has 0 aliphatic carbocycles. The van der Waals surface area contributed by atoms with Crippen LogP contribution in [0, 0.1) is 0 Å². The van der Waals surface area contributed by atoms with Crippen molar-refractivity contribution in [2.45, 2.75) is 30.8 Å². The highest BCUT2D eigenvalue weighted by Gasteiger charge is 2.41. The molecule has 2 fully saturated rings. The molecule has 5 heteroatoms. The lowest BCUT2D eigenvalue weighted by atomic mass is 9.89. The Kier molecular flexibility index (Phi) is 4.16. The largest absolute Gasteiger partial charge is 0.381 e. The summed E-state index contributed by atoms with van der Waals surface area (Å²) >= 11 is 0. The summed E-state index contributed by atoms with van der Waals surface area (Å²) in [5.41, 5.74) is 2.03. The summed E-state index contributed by atoms with van der Waals surface area (Å²) in [7, 11) is 0. The minimum Gasteiger partial charge on any atom is -0.381 e. The lowest BCUT2D eigenvalue weighted by molar-refractivity contribution is -0.0854. The van der Waals surface area contributed by atoms with Crippen molar-refractivity contribution in [3.05, 3.63) is 42.1 Å². The van der Waals surface area contributed by atoms with Gasteiger partial charge in [-0.3, -0.25) is 0 Å². The average Bonchev–Trinajstić information content (AvgIpc) is 3.03. The van der Waals surface area contributed by atoms with Crippen LogP contribution in [-0.4, -0.2) is 43.2 Å². The Morgan fingerprint density at radius 2 is 1.87 bits per heavy atom. The second-order valence-electron chi connectivity index (χ2n) is 6.53. The van der Waals surface area contributed by atoms with Crippen LogP contribution in [0.25, 0.3) is 11.3 Å². The lowest BCUT2D eigenvalue weighted by Crippen LogP contribution is -2.65. The van der Waals surface area contributed by atoms with Crippen LogP contribution in [0.1, 0.15) is 18.5 Å². The van der Waals surface area contributed by atoms with Gasteiger partial charge in [-0.15, -0.1) is 0 Å². The predicted octanol–water partition coefficient (Wildman–Crippen LogP) is 2.42. The predicted molar refractivity (Wildman–Crippen MR) is 86.2 cm³/mol. The van der Waals surface area contributed by atoms with Crippen molar-refractivity contribution in [1.82, 2.24) is 10.5 Å². The zero-order chi connectivity index (χ0) is 15.5. The molecule has 2 aliphatic heterocycles. The van der Waals surface area contributed by atoms with Crippen LogP contribution < -0.4 is 5.32 Å². The third-order valence-corrected chi connectivity index (χ3v) is 4.63. The van der Waals surface area contributed by atoms with E-state index in [1.165, 1.54) is 0 Å². The second-order valence-corrected chi connectivity index (χ2v) is 6.53. The summed E-state index contributed by atoms with van der Waals surface area (Å²) in [6.07, 6.45) is 2.96. The molecular formula is C18H22N2O3. The topological polar surface area (TPSA) is 56.5 Å². The molecule has 0 amide bonds. The molecular weight excluding hydrogens is 292 g/mol. The van der Waals surface area contributed by atoms with Gasteiger partial charge in [0.1, 0.15) is 0 Å². The Morgan fingerprint density at radius 1 is 1.09 bits per heavy atom. The van der Waals surface area contributed by atoms with Crippen LogP contribution in [0.15, 0.2) is 40.9 Å². The monoisotopic (exact) mass is 314 g/mol. The molecule has 0 bridgehead atoms. The summed E-state index contributed by atoms with van der Waals surface area (Å²) in [6, 6.07) is 12.6. The van der Waals surface area contributed by atoms with Gasteiger partial charge >= 0.3 is 0 Å². The van der Waals surface area contributed by atoms with E-state index in [1.807, 2.05) is 36.4 Å². The van der Waals surface area contributed by atoms with Crippen molar-refractivity contribution in [1.29, 1.82) is 0 Å². The SMILES string of the molecule is c1ccc(-c2cc(CC3(NC4CCOCC4)COC3)no2)cc1. The van der Waals surface area contributed by atoms with Crippen LogP contribution in [0.3, 0.4) is 0 Å². The molecule has 0 unspecified atom stereocenters. The third kappa shape index (κ3) is 3.32. The fraction of sp³-hybridized carbons (Fsp3) is 0.500. The van der Waals surface area contributed by atoms with Gasteiger partial charge in [0.15, 0.2) is 5.76 Å². The fourth-order valence-electron chi connectivity index (χ4n) is 3.34. The summed E-state index contributed by atoms with van der Waals surface area (Å²) < 4.78 is 16.4. The van der Waals surface area contributed by atoms with E-state index in [0.29, 0.717) is 6.04 Å². The van der Waals surface area contributed by atoms with Gasteiger partial charge in [-0.05, 0) is 12.8 Å². The molecule has 1 aromatic heterocycles. The Hall–Kier alpha value is -1.69. The number of rotatable bonds is 5. The first kappa shape index (κ1) is 14.9. The fourth-order valence-corrected chi connectivity index (χ4v) is 3.34. The molecule has 1 N–H and O–H groups in total. The standard InChI is InChI=1S/C18H22N2O3/c1-2-4-14(5-3-1)17-10-16(20-23-17)11-18(12-22-13-18)19-15-6-8-21-9-7-15/h1-5,10,15,19H,6-9,11-13H2. The van der Waals surface area contributed by atoms with Crippen molar-refractivity contribution < 1.29 is 14.0 Å². The van der Waals surface area contributed by atoms with E-state index in [1.54, 1.807) is 0 Å². The van der Waals surface area contributed by atoms with Gasteiger partial charge in [-0.2, -0.15) is 0 Å². The molecule has 0 saturated carbocycles. The van der Waals surface area contributed by atoms with Crippen LogP contribution >= 0.6 is 0 Å². The molecule has 0 spiro atoms. The highest BCUT2D eigenvalue weighted by Crippen LogP contribution is 2.27. The Labute approximate surface area is 136 Å². The van der Waals surface area contributed by atoms with Crippen molar-refractivity contribution in [2.75, 3.05) is 26.4 Å². The first-order valence-electron chi connectivity index (χ1n) is 8.27. The Balaban J connectivity index is 1.44. The third-order valence-electron chi connectivity index (χ3n) is 4.63. The van der Waals surface area contributed by atoms with Gasteiger partial charge < -0.3 is 19.3 Å². The lowest BCUT2D eigenvalue weighted by Gasteiger charge is -2.45. The molecule has 2 saturated heterocycles. The summed E-state index contributed by atoms with van der Waals surface area (Å²) in [5, 5.41) is 8.04. The maximum atomic E-state index is 5.52. The van der Waals surface area contributed by atoms with Crippen molar-refractivity contribution in [3.63, 3.8) is 0 Å². The van der Waals surface area contributed by atoms with Gasteiger partial charge in [-0.25, -0.2) is 0 Å². The van der Waals surface area contributed by atoms with E-state index in [4.69, 9.17) is 14.0 Å². The maximum absolute atomic E-state index is 5.52. The van der Waals surface area contributed by atoms with Crippen LogP contribution in [-0.2, 0) is 15.9 Å². The Bertz CT molecular complexity index is 631. The van der Waals surface area contributed by atoms with E-state index in [0.717, 1.165) is 62.7 Å². The van der Waals surface area contributed by atoms with Gasteiger partial charge in [0, 0.05) is 37.3 Å². The highest BCUT2D eigenvalue weighted by atomic mass is 16.5. The molecule has 2 aliphatic rings. The second kappa shape index (κ2) is 6.43. The molecule has 122 valence electrons. The van der Waals surface area contributed by atoms with Gasteiger partial charge in [0.05, 0.1) is 24.4 Å². The first-order chi connectivity index (χ1) is 11.3. The van der Waals surface area contributed by atoms with E-state index in [2.05, 4.69) is 10.5 Å². The number of benzene rings is 1. The van der Waals surface area contributed by atoms with Crippen LogP contribution in [0.2, 0.25) is 0 Å². The van der Waals surface area contributed by atoms with Crippen LogP contribution in [0.4, 0.5) is 0 Å². The molecule has 23 heavy (non-hydrogen) atoms. The number of ether oxygens (including phenoxy) is 2. The van der Waals surface area contributed by atoms with Crippen molar-refractivity contribution in [2.24, 2.45) is 0 Å². The molecule has 0 atom stereocenters. The number of hydrogen-bond acceptors (Lipinski definition) is 5. The van der Waals surface area contributed by atoms with E-state index in [9.17, 15) is 0 Å². The Morgan fingerprint density at radius 3 is 2.57 bits per heavy atom. The zero-order valence-electron chi connectivity index (χ0n) is 13.2. The summed E-state index contributed by atoms with van der Waals surface area (Å²) in [4.78, 5) is 0. The molecule has 4 rings (SSSR count). The average molecular weight is 314 g/mol.